The molecule has 0 unspecified atom stereocenters. The van der Waals surface area contributed by atoms with Crippen molar-refractivity contribution in [2.75, 3.05) is 70.5 Å². The highest BCUT2D eigenvalue weighted by atomic mass is 32.2. The Labute approximate surface area is 764 Å². The highest BCUT2D eigenvalue weighted by Crippen LogP contribution is 2.38. The largest absolute Gasteiger partial charge is 0.390 e. The van der Waals surface area contributed by atoms with E-state index in [0.29, 0.717) is 92.2 Å². The molecule has 0 spiro atoms. The zero-order valence-corrected chi connectivity index (χ0v) is 79.3. The van der Waals surface area contributed by atoms with Crippen molar-refractivity contribution in [2.24, 2.45) is 0 Å². The van der Waals surface area contributed by atoms with Crippen LogP contribution in [0.3, 0.4) is 0 Å². The predicted octanol–water partition coefficient (Wildman–Crippen LogP) is 16.1. The summed E-state index contributed by atoms with van der Waals surface area (Å²) in [6.45, 7) is 30.2. The number of benzene rings is 3. The number of anilines is 9. The van der Waals surface area contributed by atoms with Crippen LogP contribution in [0.2, 0.25) is 51.4 Å². The Morgan fingerprint density at radius 1 is 0.519 bits per heavy atom. The maximum Gasteiger partial charge on any atom is 0.264 e. The average molecular weight is 1910 g/mol. The van der Waals surface area contributed by atoms with Gasteiger partial charge in [0.15, 0.2) is 69.3 Å². The molecule has 0 aliphatic rings. The van der Waals surface area contributed by atoms with Crippen molar-refractivity contribution in [1.29, 1.82) is 0 Å². The van der Waals surface area contributed by atoms with Gasteiger partial charge in [0.25, 0.3) is 10.1 Å². The molecule has 0 atom stereocenters. The summed E-state index contributed by atoms with van der Waals surface area (Å²) in [7, 11) is -6.30. The number of aromatic nitrogens is 18. The SMILES string of the molecule is CCN(Cc1cc(Nc2nc(C)cn3c(-c4cnn(CC(=O)Nc5cccc(F)c5F)c4)cnc23)sn1)C(C)(C)C.Cc1cn2c(-c3cnn(CC(=O)Nc4cccc(F)c4F)c3)cnc2c(N(COCC[Si](C)(C)C)c2cc(CO)ns2)n1.Cc1cn2c(-c3cnn(CC(=O)Nc4cccc(F)c4F)c3)cnc2c(N(COCC[Si](C)(C)C)c2cc(COS(C)(=O)=O)ns2)n1. The lowest BCUT2D eigenvalue weighted by Crippen LogP contribution is -2.40. The highest BCUT2D eigenvalue weighted by molar-refractivity contribution is 7.85. The first-order chi connectivity index (χ1) is 62.2. The Hall–Kier alpha value is -12.4. The Morgan fingerprint density at radius 3 is 1.30 bits per heavy atom. The normalized spacial score (nSPS) is 12.0. The van der Waals surface area contributed by atoms with Crippen LogP contribution in [0.15, 0.2) is 147 Å². The number of hydrogen-bond acceptors (Lipinski definition) is 28. The second kappa shape index (κ2) is 41.4. The lowest BCUT2D eigenvalue weighted by molar-refractivity contribution is -0.117. The van der Waals surface area contributed by atoms with Gasteiger partial charge in [-0.2, -0.15) is 36.8 Å². The first-order valence-electron chi connectivity index (χ1n) is 41.1. The van der Waals surface area contributed by atoms with Gasteiger partial charge in [0.05, 0.1) is 118 Å². The van der Waals surface area contributed by atoms with Gasteiger partial charge < -0.3 is 35.8 Å². The van der Waals surface area contributed by atoms with Gasteiger partial charge in [0.1, 0.15) is 54.7 Å². The van der Waals surface area contributed by atoms with E-state index in [4.69, 9.17) is 23.6 Å². The van der Waals surface area contributed by atoms with Crippen molar-refractivity contribution < 1.29 is 67.9 Å². The van der Waals surface area contributed by atoms with E-state index >= 15 is 0 Å². The molecule has 0 bridgehead atoms. The number of aryl methyl sites for hydroxylation is 3. The lowest BCUT2D eigenvalue weighted by Gasteiger charge is -2.34. The van der Waals surface area contributed by atoms with Crippen LogP contribution in [0.5, 0.6) is 0 Å². The predicted molar refractivity (Wildman–Crippen MR) is 495 cm³/mol. The summed E-state index contributed by atoms with van der Waals surface area (Å²) in [6, 6.07) is 18.3. The molecule has 46 heteroatoms. The average Bonchev–Trinajstić information content (AvgIpc) is 1.62. The van der Waals surface area contributed by atoms with Crippen LogP contribution in [0.4, 0.5) is 75.9 Å². The molecular formula is C85H97F6N25O9S4Si2. The number of aliphatic hydroxyl groups is 1. The van der Waals surface area contributed by atoms with Gasteiger partial charge in [-0.1, -0.05) is 64.4 Å². The van der Waals surface area contributed by atoms with Crippen LogP contribution in [0.1, 0.15) is 61.9 Å². The van der Waals surface area contributed by atoms with Gasteiger partial charge in [-0.15, -0.1) is 0 Å². The Balaban J connectivity index is 0.000000168. The van der Waals surface area contributed by atoms with Gasteiger partial charge >= 0.3 is 0 Å². The van der Waals surface area contributed by atoms with Crippen LogP contribution < -0.4 is 31.1 Å². The summed E-state index contributed by atoms with van der Waals surface area (Å²) in [5.41, 5.74) is 9.36. The summed E-state index contributed by atoms with van der Waals surface area (Å²) in [4.78, 5) is 71.8. The number of aliphatic hydroxyl groups excluding tert-OH is 1. The van der Waals surface area contributed by atoms with Crippen molar-refractivity contribution in [3.8, 4) is 33.8 Å². The number of fused-ring (bicyclic) bond motifs is 3. The van der Waals surface area contributed by atoms with Crippen molar-refractivity contribution in [2.45, 2.75) is 145 Å². The standard InChI is InChI=1S/C29H34F2N8O5S2Si.C28H31F2N9OS.C28H32F2N8O3SSi/c1-19-14-38-24(20-12-33-37(15-20)16-25(40)35-23-8-6-7-22(30)27(23)31)13-32-28(38)29(34-19)39(18-43-9-10-47(3,4)5)26-11-21(36-45-26)17-44-46(2,41)42;1-6-37(28(3,4)5)15-19-10-24(41-36-19)35-26-27-31-12-22(39(27)13-17(2)33-26)18-11-32-38(14-18)16-23(40)34-21-9-7-8-20(29)25(21)30;1-18-13-37-23(19-11-32-36(14-19)15-24(40)34-22-7-5-6-21(29)26(22)30)12-31-27(37)28(33-18)38(17-41-8-9-43(2,3)4)25-10-20(16-39)35-42-25/h6-8,11-15H,9-10,16-18H2,1-5H3,(H,35,40);7-14H,6,15-16H2,1-5H3,(H,33,35)(H,34,40);5-7,10-14,39H,8-9,15-17H2,1-4H3,(H,34,40). The lowest BCUT2D eigenvalue weighted by atomic mass is 10.1. The molecule has 131 heavy (non-hydrogen) atoms. The molecule has 3 amide bonds. The molecule has 5 N–H and O–H groups in total. The van der Waals surface area contributed by atoms with E-state index in [-0.39, 0.29) is 68.9 Å². The minimum atomic E-state index is -3.65. The number of carbonyl (C=O) groups excluding carboxylic acids is 3. The van der Waals surface area contributed by atoms with E-state index < -0.39 is 78.9 Å². The maximum atomic E-state index is 14.0. The van der Waals surface area contributed by atoms with Gasteiger partial charge in [0, 0.05) is 95.3 Å². The molecule has 690 valence electrons. The number of nitrogens with one attached hydrogen (secondary N) is 4. The first-order valence-corrected chi connectivity index (χ1v) is 52.6. The molecule has 0 fully saturated rings. The van der Waals surface area contributed by atoms with E-state index in [1.54, 1.807) is 61.8 Å². The second-order valence-corrected chi connectivity index (χ2v) is 49.1. The van der Waals surface area contributed by atoms with Crippen molar-refractivity contribution in [3.63, 3.8) is 0 Å². The molecule has 0 saturated carbocycles. The minimum Gasteiger partial charge on any atom is -0.390 e. The number of halogens is 6. The molecule has 0 aliphatic carbocycles. The summed E-state index contributed by atoms with van der Waals surface area (Å²) >= 11 is 3.77. The zero-order valence-electron chi connectivity index (χ0n) is 74.1. The van der Waals surface area contributed by atoms with Crippen molar-refractivity contribution in [3.05, 3.63) is 216 Å². The Bertz CT molecular complexity index is 6710. The first kappa shape index (κ1) is 96.2. The number of amides is 3. The van der Waals surface area contributed by atoms with Crippen LogP contribution in [0, 0.1) is 55.7 Å². The van der Waals surface area contributed by atoms with Crippen molar-refractivity contribution in [1.82, 2.24) is 90.5 Å². The number of nitrogens with zero attached hydrogens (tertiary/aromatic N) is 21. The topological polar surface area (TPSA) is 374 Å². The molecule has 0 radical (unpaired) electrons. The molecule has 0 aliphatic heterocycles. The monoisotopic (exact) mass is 1910 g/mol. The fraction of sp³-hybridized carbons (Fsp3) is 0.329. The molecule has 3 aromatic carbocycles. The third-order valence-corrected chi connectivity index (χ3v) is 26.2. The molecule has 15 aromatic rings. The van der Waals surface area contributed by atoms with Gasteiger partial charge in [-0.3, -0.25) is 60.5 Å². The molecule has 15 rings (SSSR count). The Morgan fingerprint density at radius 2 is 0.908 bits per heavy atom. The van der Waals surface area contributed by atoms with Crippen LogP contribution in [0.25, 0.3) is 50.7 Å². The smallest absolute Gasteiger partial charge is 0.264 e. The van der Waals surface area contributed by atoms with Gasteiger partial charge in [-0.25, -0.2) is 56.2 Å². The number of carbonyl (C=O) groups is 3. The summed E-state index contributed by atoms with van der Waals surface area (Å²) < 4.78 is 146. The highest BCUT2D eigenvalue weighted by Gasteiger charge is 2.29. The molecule has 12 aromatic heterocycles. The zero-order chi connectivity index (χ0) is 94.0. The number of imidazole rings is 3. The quantitative estimate of drug-likeness (QED) is 0.00809. The van der Waals surface area contributed by atoms with Crippen molar-refractivity contribution >= 4 is 145 Å². The van der Waals surface area contributed by atoms with E-state index in [2.05, 4.69) is 141 Å². The minimum absolute atomic E-state index is 0.0410. The number of hydrogen-bond donors (Lipinski definition) is 5. The summed E-state index contributed by atoms with van der Waals surface area (Å²) in [5.74, 6) is -6.53. The van der Waals surface area contributed by atoms with E-state index in [1.807, 2.05) is 74.5 Å². The van der Waals surface area contributed by atoms with Crippen LogP contribution >= 0.6 is 34.6 Å². The Kier molecular flexibility index (Phi) is 30.4. The molecule has 34 nitrogen and oxygen atoms in total. The summed E-state index contributed by atoms with van der Waals surface area (Å²) in [6.07, 6.45) is 21.4. The fourth-order valence-corrected chi connectivity index (χ4v) is 17.2. The summed E-state index contributed by atoms with van der Waals surface area (Å²) in [5, 5.41) is 35.2. The molecular weight excluding hydrogens is 1810 g/mol. The van der Waals surface area contributed by atoms with Crippen LogP contribution in [-0.4, -0.2) is 183 Å². The second-order valence-electron chi connectivity index (χ2n) is 33.9. The van der Waals surface area contributed by atoms with Gasteiger partial charge in [-0.05, 0) is 149 Å². The number of ether oxygens (including phenoxy) is 2. The number of rotatable bonds is 35. The van der Waals surface area contributed by atoms with Gasteiger partial charge in [0.2, 0.25) is 17.7 Å². The van der Waals surface area contributed by atoms with E-state index in [1.165, 1.54) is 73.5 Å². The van der Waals surface area contributed by atoms with E-state index in [0.717, 1.165) is 99.5 Å². The molecule has 12 heterocycles. The third-order valence-electron chi connectivity index (χ3n) is 19.8. The van der Waals surface area contributed by atoms with Crippen LogP contribution in [-0.2, 0) is 77.6 Å². The molecule has 0 saturated heterocycles. The maximum absolute atomic E-state index is 14.0. The fourth-order valence-electron chi connectivity index (χ4n) is 13.2. The van der Waals surface area contributed by atoms with E-state index in [9.17, 15) is 54.3 Å². The third kappa shape index (κ3) is 25.0.